The Labute approximate surface area is 163 Å². The summed E-state index contributed by atoms with van der Waals surface area (Å²) in [5, 5.41) is 0. The van der Waals surface area contributed by atoms with E-state index in [1.54, 1.807) is 39.0 Å². The molecule has 27 heavy (non-hydrogen) atoms. The zero-order chi connectivity index (χ0) is 21.0. The molecular weight excluding hydrogens is 348 g/mol. The number of methoxy groups -OCH3 is 2. The van der Waals surface area contributed by atoms with E-state index in [-0.39, 0.29) is 6.10 Å². The number of rotatable bonds is 9. The minimum absolute atomic E-state index is 0.212. The molecule has 2 unspecified atom stereocenters. The van der Waals surface area contributed by atoms with Crippen molar-refractivity contribution in [2.24, 2.45) is 0 Å². The summed E-state index contributed by atoms with van der Waals surface area (Å²) in [6.07, 6.45) is -0.0924. The van der Waals surface area contributed by atoms with Gasteiger partial charge in [-0.3, -0.25) is 0 Å². The van der Waals surface area contributed by atoms with Crippen LogP contribution in [0.25, 0.3) is 0 Å². The van der Waals surface area contributed by atoms with Gasteiger partial charge in [0.2, 0.25) is 5.60 Å². The molecule has 0 fully saturated rings. The molecule has 154 valence electrons. The Morgan fingerprint density at radius 1 is 1.15 bits per heavy atom. The fourth-order valence-electron chi connectivity index (χ4n) is 2.20. The highest BCUT2D eigenvalue weighted by molar-refractivity contribution is 5.79. The number of ether oxygens (including phenoxy) is 4. The number of benzene rings is 1. The zero-order valence-corrected chi connectivity index (χ0v) is 17.8. The lowest BCUT2D eigenvalue weighted by molar-refractivity contribution is -0.165. The van der Waals surface area contributed by atoms with Crippen LogP contribution in [0, 0.1) is 0 Å². The van der Waals surface area contributed by atoms with Crippen molar-refractivity contribution < 1.29 is 28.5 Å². The minimum atomic E-state index is -1.08. The average molecular weight is 382 g/mol. The van der Waals surface area contributed by atoms with E-state index in [2.05, 4.69) is 0 Å². The van der Waals surface area contributed by atoms with Gasteiger partial charge >= 0.3 is 11.9 Å². The highest BCUT2D eigenvalue weighted by Crippen LogP contribution is 2.25. The molecule has 0 aliphatic rings. The maximum Gasteiger partial charge on any atom is 0.350 e. The largest absolute Gasteiger partial charge is 0.476 e. The summed E-state index contributed by atoms with van der Waals surface area (Å²) < 4.78 is 21.1. The predicted octanol–water partition coefficient (Wildman–Crippen LogP) is 3.94. The predicted molar refractivity (Wildman–Crippen MR) is 105 cm³/mol. The summed E-state index contributed by atoms with van der Waals surface area (Å²) in [5.41, 5.74) is -0.239. The molecule has 6 nitrogen and oxygen atoms in total. The van der Waals surface area contributed by atoms with Gasteiger partial charge in [0.1, 0.15) is 5.75 Å². The molecular formula is C21H34O6. The molecule has 0 saturated carbocycles. The normalized spacial score (nSPS) is 13.7. The molecule has 0 amide bonds. The highest BCUT2D eigenvalue weighted by atomic mass is 16.6. The van der Waals surface area contributed by atoms with Crippen molar-refractivity contribution in [3.8, 4) is 5.75 Å². The number of carbonyl (C=O) groups is 2. The molecule has 0 N–H and O–H groups in total. The van der Waals surface area contributed by atoms with Crippen LogP contribution in [0.2, 0.25) is 0 Å². The molecule has 0 radical (unpaired) electrons. The van der Waals surface area contributed by atoms with Crippen LogP contribution in [-0.4, -0.2) is 44.0 Å². The van der Waals surface area contributed by atoms with Crippen LogP contribution in [0.3, 0.4) is 0 Å². The van der Waals surface area contributed by atoms with Crippen molar-refractivity contribution >= 4 is 11.9 Å². The molecule has 0 bridgehead atoms. The lowest BCUT2D eigenvalue weighted by Gasteiger charge is -2.28. The van der Waals surface area contributed by atoms with E-state index in [9.17, 15) is 9.59 Å². The summed E-state index contributed by atoms with van der Waals surface area (Å²) in [5.74, 6) is -0.310. The first kappa shape index (κ1) is 24.9. The van der Waals surface area contributed by atoms with Crippen LogP contribution in [0.15, 0.2) is 24.3 Å². The number of hydrogen-bond acceptors (Lipinski definition) is 6. The first-order valence-corrected chi connectivity index (χ1v) is 9.35. The third-order valence-electron chi connectivity index (χ3n) is 3.86. The maximum absolute atomic E-state index is 12.3. The monoisotopic (exact) mass is 382 g/mol. The molecule has 1 rings (SSSR count). The van der Waals surface area contributed by atoms with Crippen LogP contribution < -0.4 is 4.74 Å². The van der Waals surface area contributed by atoms with E-state index in [0.717, 1.165) is 5.56 Å². The van der Waals surface area contributed by atoms with Crippen LogP contribution in [0.5, 0.6) is 5.75 Å². The molecule has 2 atom stereocenters. The highest BCUT2D eigenvalue weighted by Gasteiger charge is 2.36. The second-order valence-corrected chi connectivity index (χ2v) is 6.24. The van der Waals surface area contributed by atoms with Crippen molar-refractivity contribution in [3.05, 3.63) is 29.8 Å². The van der Waals surface area contributed by atoms with E-state index in [1.807, 2.05) is 26.8 Å². The van der Waals surface area contributed by atoms with E-state index >= 15 is 0 Å². The number of esters is 2. The topological polar surface area (TPSA) is 71.1 Å². The van der Waals surface area contributed by atoms with Crippen molar-refractivity contribution in [1.29, 1.82) is 0 Å². The van der Waals surface area contributed by atoms with Gasteiger partial charge < -0.3 is 18.9 Å². The van der Waals surface area contributed by atoms with Crippen LogP contribution >= 0.6 is 0 Å². The summed E-state index contributed by atoms with van der Waals surface area (Å²) in [6, 6.07) is 7.21. The average Bonchev–Trinajstić information content (AvgIpc) is 2.66. The first-order valence-electron chi connectivity index (χ1n) is 9.35. The van der Waals surface area contributed by atoms with Gasteiger partial charge in [-0.1, -0.05) is 32.9 Å². The second-order valence-electron chi connectivity index (χ2n) is 6.24. The van der Waals surface area contributed by atoms with Gasteiger partial charge in [-0.2, -0.15) is 0 Å². The third kappa shape index (κ3) is 7.99. The van der Waals surface area contributed by atoms with Crippen molar-refractivity contribution in [3.63, 3.8) is 0 Å². The fourth-order valence-corrected chi connectivity index (χ4v) is 2.20. The molecule has 0 aromatic heterocycles. The number of carbonyl (C=O) groups excluding carboxylic acids is 2. The van der Waals surface area contributed by atoms with Gasteiger partial charge in [0.05, 0.1) is 13.2 Å². The lowest BCUT2D eigenvalue weighted by atomic mass is 10.0. The van der Waals surface area contributed by atoms with Crippen LogP contribution in [0.1, 0.15) is 53.5 Å². The molecule has 0 heterocycles. The van der Waals surface area contributed by atoms with Gasteiger partial charge in [0.25, 0.3) is 0 Å². The molecule has 6 heteroatoms. The Kier molecular flexibility index (Phi) is 11.4. The van der Waals surface area contributed by atoms with Crippen LogP contribution in [-0.2, 0) is 30.2 Å². The molecule has 0 aliphatic carbocycles. The van der Waals surface area contributed by atoms with Gasteiger partial charge in [-0.05, 0) is 44.9 Å². The van der Waals surface area contributed by atoms with Gasteiger partial charge in [0.15, 0.2) is 6.10 Å². The molecule has 0 saturated heterocycles. The Morgan fingerprint density at radius 3 is 2.26 bits per heavy atom. The first-order chi connectivity index (χ1) is 12.8. The van der Waals surface area contributed by atoms with Gasteiger partial charge in [-0.25, -0.2) is 9.59 Å². The molecule has 0 aliphatic heterocycles. The minimum Gasteiger partial charge on any atom is -0.476 e. The van der Waals surface area contributed by atoms with Crippen molar-refractivity contribution in [1.82, 2.24) is 0 Å². The summed E-state index contributed by atoms with van der Waals surface area (Å²) in [4.78, 5) is 24.0. The molecule has 1 aromatic rings. The Balaban J connectivity index is 0.00000326. The number of hydrogen-bond donors (Lipinski definition) is 0. The van der Waals surface area contributed by atoms with Gasteiger partial charge in [0, 0.05) is 13.5 Å². The van der Waals surface area contributed by atoms with Crippen molar-refractivity contribution in [2.45, 2.75) is 72.2 Å². The fraction of sp³-hybridized carbons (Fsp3) is 0.619. The summed E-state index contributed by atoms with van der Waals surface area (Å²) in [6.45, 7) is 11.2. The molecule has 0 spiro atoms. The van der Waals surface area contributed by atoms with E-state index in [0.29, 0.717) is 18.6 Å². The van der Waals surface area contributed by atoms with E-state index in [4.69, 9.17) is 18.9 Å². The van der Waals surface area contributed by atoms with Crippen LogP contribution in [0.4, 0.5) is 0 Å². The van der Waals surface area contributed by atoms with Crippen molar-refractivity contribution in [2.75, 3.05) is 14.2 Å². The Morgan fingerprint density at radius 2 is 1.78 bits per heavy atom. The SMILES string of the molecule is CC.CCC(C)(Oc1cccc(CC(OC)C(=O)OC)c1)C(=O)OC(C)C. The summed E-state index contributed by atoms with van der Waals surface area (Å²) in [7, 11) is 2.78. The Hall–Kier alpha value is -2.08. The zero-order valence-electron chi connectivity index (χ0n) is 17.8. The third-order valence-corrected chi connectivity index (χ3v) is 3.86. The molecule has 1 aromatic carbocycles. The lowest BCUT2D eigenvalue weighted by Crippen LogP contribution is -2.43. The van der Waals surface area contributed by atoms with E-state index < -0.39 is 23.6 Å². The summed E-state index contributed by atoms with van der Waals surface area (Å²) >= 11 is 0. The standard InChI is InChI=1S/C19H28O6.C2H6/c1-7-19(4,18(21)24-13(2)3)25-15-10-8-9-14(11-15)12-16(22-5)17(20)23-6;1-2/h8-11,13,16H,7,12H2,1-6H3;1-2H3. The smallest absolute Gasteiger partial charge is 0.350 e. The Bertz CT molecular complexity index is 584. The van der Waals surface area contributed by atoms with E-state index in [1.165, 1.54) is 14.2 Å². The second kappa shape index (κ2) is 12.3. The quantitative estimate of drug-likeness (QED) is 0.603. The van der Waals surface area contributed by atoms with Gasteiger partial charge in [-0.15, -0.1) is 0 Å². The maximum atomic E-state index is 12.3.